The summed E-state index contributed by atoms with van der Waals surface area (Å²) in [6.07, 6.45) is 2.57. The number of H-pyrrole nitrogens is 1. The predicted molar refractivity (Wildman–Crippen MR) is 63.5 cm³/mol. The van der Waals surface area contributed by atoms with Crippen LogP contribution in [0.2, 0.25) is 0 Å². The Morgan fingerprint density at radius 2 is 2.29 bits per heavy atom. The molecule has 0 fully saturated rings. The maximum absolute atomic E-state index is 13.2. The fraction of sp³-hybridized carbons (Fsp3) is 0.308. The number of rotatable bonds is 4. The lowest BCUT2D eigenvalue weighted by atomic mass is 9.93. The van der Waals surface area contributed by atoms with Crippen molar-refractivity contribution < 1.29 is 14.3 Å². The zero-order chi connectivity index (χ0) is 12.4. The van der Waals surface area contributed by atoms with E-state index in [2.05, 4.69) is 4.98 Å². The van der Waals surface area contributed by atoms with Crippen molar-refractivity contribution in [2.75, 3.05) is 0 Å². The molecule has 0 saturated carbocycles. The molecule has 17 heavy (non-hydrogen) atoms. The van der Waals surface area contributed by atoms with Gasteiger partial charge < -0.3 is 10.1 Å². The molecule has 2 N–H and O–H groups in total. The Bertz CT molecular complexity index is 547. The van der Waals surface area contributed by atoms with Gasteiger partial charge in [0.1, 0.15) is 5.82 Å². The van der Waals surface area contributed by atoms with Gasteiger partial charge in [-0.25, -0.2) is 4.39 Å². The van der Waals surface area contributed by atoms with E-state index in [0.717, 1.165) is 22.9 Å². The molecule has 1 aromatic heterocycles. The molecule has 90 valence electrons. The zero-order valence-electron chi connectivity index (χ0n) is 9.53. The van der Waals surface area contributed by atoms with Crippen LogP contribution < -0.4 is 0 Å². The Labute approximate surface area is 98.3 Å². The molecule has 0 saturated heterocycles. The molecule has 4 heteroatoms. The highest BCUT2D eigenvalue weighted by Crippen LogP contribution is 2.30. The van der Waals surface area contributed by atoms with Crippen LogP contribution in [0.3, 0.4) is 0 Å². The number of nitrogens with one attached hydrogen (secondary N) is 1. The summed E-state index contributed by atoms with van der Waals surface area (Å²) in [5, 5.41) is 9.63. The molecule has 0 aliphatic rings. The number of aliphatic carboxylic acids is 1. The smallest absolute Gasteiger partial charge is 0.303 e. The highest BCUT2D eigenvalue weighted by atomic mass is 19.1. The standard InChI is InChI=1S/C13H14FNO2/c1-2-8(5-13(16)17)11-7-15-12-4-3-9(14)6-10(11)12/h3-4,6-8,15H,2,5H2,1H3,(H,16,17). The lowest BCUT2D eigenvalue weighted by Crippen LogP contribution is -2.04. The third kappa shape index (κ3) is 2.30. The molecule has 0 spiro atoms. The summed E-state index contributed by atoms with van der Waals surface area (Å²) in [7, 11) is 0. The van der Waals surface area contributed by atoms with Crippen molar-refractivity contribution in [1.29, 1.82) is 0 Å². The van der Waals surface area contributed by atoms with Crippen LogP contribution in [0, 0.1) is 5.82 Å². The van der Waals surface area contributed by atoms with Crippen molar-refractivity contribution in [3.05, 3.63) is 35.8 Å². The normalized spacial score (nSPS) is 12.8. The van der Waals surface area contributed by atoms with Crippen molar-refractivity contribution in [2.45, 2.75) is 25.7 Å². The topological polar surface area (TPSA) is 53.1 Å². The van der Waals surface area contributed by atoms with E-state index < -0.39 is 5.97 Å². The van der Waals surface area contributed by atoms with Gasteiger partial charge in [-0.3, -0.25) is 4.79 Å². The molecule has 2 aromatic rings. The van der Waals surface area contributed by atoms with Gasteiger partial charge in [-0.2, -0.15) is 0 Å². The number of fused-ring (bicyclic) bond motifs is 1. The van der Waals surface area contributed by atoms with Crippen molar-refractivity contribution in [1.82, 2.24) is 4.98 Å². The minimum atomic E-state index is -0.831. The number of carboxylic acids is 1. The van der Waals surface area contributed by atoms with E-state index in [-0.39, 0.29) is 18.2 Å². The predicted octanol–water partition coefficient (Wildman–Crippen LogP) is 3.28. The van der Waals surface area contributed by atoms with Crippen molar-refractivity contribution >= 4 is 16.9 Å². The number of aromatic amines is 1. The average molecular weight is 235 g/mol. The average Bonchev–Trinajstić information content (AvgIpc) is 2.68. The highest BCUT2D eigenvalue weighted by molar-refractivity contribution is 5.84. The van der Waals surface area contributed by atoms with Crippen LogP contribution >= 0.6 is 0 Å². The Morgan fingerprint density at radius 3 is 2.94 bits per heavy atom. The number of halogens is 1. The van der Waals surface area contributed by atoms with Crippen molar-refractivity contribution in [2.24, 2.45) is 0 Å². The van der Waals surface area contributed by atoms with Gasteiger partial charge >= 0.3 is 5.97 Å². The summed E-state index contributed by atoms with van der Waals surface area (Å²) < 4.78 is 13.2. The minimum absolute atomic E-state index is 0.0694. The zero-order valence-corrected chi connectivity index (χ0v) is 9.53. The largest absolute Gasteiger partial charge is 0.481 e. The first kappa shape index (κ1) is 11.6. The van der Waals surface area contributed by atoms with Gasteiger partial charge in [0, 0.05) is 17.1 Å². The monoisotopic (exact) mass is 235 g/mol. The van der Waals surface area contributed by atoms with E-state index in [1.807, 2.05) is 6.92 Å². The summed E-state index contributed by atoms with van der Waals surface area (Å²) in [5.74, 6) is -1.21. The molecule has 0 bridgehead atoms. The van der Waals surface area contributed by atoms with Gasteiger partial charge in [0.2, 0.25) is 0 Å². The van der Waals surface area contributed by atoms with Gasteiger partial charge in [0.25, 0.3) is 0 Å². The third-order valence-corrected chi connectivity index (χ3v) is 3.03. The summed E-state index contributed by atoms with van der Waals surface area (Å²) in [6, 6.07) is 4.51. The van der Waals surface area contributed by atoms with Crippen LogP contribution in [0.4, 0.5) is 4.39 Å². The van der Waals surface area contributed by atoms with Crippen molar-refractivity contribution in [3.63, 3.8) is 0 Å². The molecule has 2 rings (SSSR count). The van der Waals surface area contributed by atoms with Gasteiger partial charge in [-0.15, -0.1) is 0 Å². The molecule has 1 aromatic carbocycles. The summed E-state index contributed by atoms with van der Waals surface area (Å²) in [5.41, 5.74) is 1.72. The fourth-order valence-electron chi connectivity index (χ4n) is 2.14. The second-order valence-electron chi connectivity index (χ2n) is 4.14. The van der Waals surface area contributed by atoms with Gasteiger partial charge in [0.15, 0.2) is 0 Å². The van der Waals surface area contributed by atoms with Crippen LogP contribution in [-0.4, -0.2) is 16.1 Å². The van der Waals surface area contributed by atoms with E-state index in [1.165, 1.54) is 12.1 Å². The van der Waals surface area contributed by atoms with E-state index in [4.69, 9.17) is 5.11 Å². The Balaban J connectivity index is 2.46. The number of aromatic nitrogens is 1. The van der Waals surface area contributed by atoms with Crippen LogP contribution in [0.5, 0.6) is 0 Å². The van der Waals surface area contributed by atoms with Crippen molar-refractivity contribution in [3.8, 4) is 0 Å². The maximum atomic E-state index is 13.2. The molecular formula is C13H14FNO2. The number of carboxylic acid groups (broad SMARTS) is 1. The number of hydrogen-bond donors (Lipinski definition) is 2. The molecular weight excluding hydrogens is 221 g/mol. The molecule has 3 nitrogen and oxygen atoms in total. The van der Waals surface area contributed by atoms with Gasteiger partial charge in [-0.1, -0.05) is 6.92 Å². The minimum Gasteiger partial charge on any atom is -0.481 e. The summed E-state index contributed by atoms with van der Waals surface area (Å²) >= 11 is 0. The fourth-order valence-corrected chi connectivity index (χ4v) is 2.14. The molecule has 0 aliphatic carbocycles. The number of hydrogen-bond acceptors (Lipinski definition) is 1. The van der Waals surface area contributed by atoms with Crippen LogP contribution in [0.25, 0.3) is 10.9 Å². The lowest BCUT2D eigenvalue weighted by molar-refractivity contribution is -0.137. The number of benzene rings is 1. The van der Waals surface area contributed by atoms with E-state index in [0.29, 0.717) is 0 Å². The molecule has 0 amide bonds. The van der Waals surface area contributed by atoms with Crippen LogP contribution in [-0.2, 0) is 4.79 Å². The first-order valence-electron chi connectivity index (χ1n) is 5.60. The second kappa shape index (κ2) is 4.57. The number of carbonyl (C=O) groups is 1. The first-order valence-corrected chi connectivity index (χ1v) is 5.60. The van der Waals surface area contributed by atoms with E-state index in [9.17, 15) is 9.18 Å². The SMILES string of the molecule is CCC(CC(=O)O)c1c[nH]c2ccc(F)cc12. The quantitative estimate of drug-likeness (QED) is 0.854. The Hall–Kier alpha value is -1.84. The van der Waals surface area contributed by atoms with Gasteiger partial charge in [0.05, 0.1) is 6.42 Å². The first-order chi connectivity index (χ1) is 8.11. The summed E-state index contributed by atoms with van der Waals surface area (Å²) in [4.78, 5) is 13.8. The lowest BCUT2D eigenvalue weighted by Gasteiger charge is -2.11. The van der Waals surface area contributed by atoms with Crippen LogP contribution in [0.1, 0.15) is 31.2 Å². The molecule has 0 aliphatic heterocycles. The molecule has 0 radical (unpaired) electrons. The molecule has 1 heterocycles. The summed E-state index contributed by atoms with van der Waals surface area (Å²) in [6.45, 7) is 1.94. The van der Waals surface area contributed by atoms with Crippen LogP contribution in [0.15, 0.2) is 24.4 Å². The second-order valence-corrected chi connectivity index (χ2v) is 4.14. The Kier molecular flexibility index (Phi) is 3.13. The third-order valence-electron chi connectivity index (χ3n) is 3.03. The molecule has 1 atom stereocenters. The molecule has 1 unspecified atom stereocenters. The Morgan fingerprint density at radius 1 is 1.53 bits per heavy atom. The van der Waals surface area contributed by atoms with Gasteiger partial charge in [-0.05, 0) is 36.1 Å². The highest BCUT2D eigenvalue weighted by Gasteiger charge is 2.17. The van der Waals surface area contributed by atoms with E-state index in [1.54, 1.807) is 12.3 Å². The van der Waals surface area contributed by atoms with E-state index >= 15 is 0 Å². The maximum Gasteiger partial charge on any atom is 0.303 e.